The summed E-state index contributed by atoms with van der Waals surface area (Å²) in [6.07, 6.45) is 2.17. The van der Waals surface area contributed by atoms with E-state index in [9.17, 15) is 19.2 Å². The van der Waals surface area contributed by atoms with Crippen LogP contribution in [0.2, 0.25) is 0 Å². The third-order valence-electron chi connectivity index (χ3n) is 7.65. The van der Waals surface area contributed by atoms with Crippen LogP contribution in [0.3, 0.4) is 0 Å². The van der Waals surface area contributed by atoms with E-state index in [-0.39, 0.29) is 66.7 Å². The Hall–Kier alpha value is -3.14. The van der Waals surface area contributed by atoms with Crippen molar-refractivity contribution in [2.24, 2.45) is 11.8 Å². The summed E-state index contributed by atoms with van der Waals surface area (Å²) in [5.74, 6) is -1.16. The second kappa shape index (κ2) is 14.3. The van der Waals surface area contributed by atoms with Gasteiger partial charge in [0.2, 0.25) is 17.7 Å². The van der Waals surface area contributed by atoms with Gasteiger partial charge in [0.15, 0.2) is 0 Å². The van der Waals surface area contributed by atoms with Gasteiger partial charge >= 0.3 is 0 Å². The maximum atomic E-state index is 13.4. The molecule has 0 saturated carbocycles. The van der Waals surface area contributed by atoms with E-state index in [1.807, 2.05) is 27.7 Å². The van der Waals surface area contributed by atoms with Crippen LogP contribution in [0.5, 0.6) is 5.75 Å². The SMILES string of the molecule is CCN1CCC[C@H]1CNC(=O)[C@@H]1CCC(=O)N[C@H](C(C)C)C(=O)N[C@@H](C(C)C)COc2ccccc2C(=O)N1. The number of rotatable bonds is 6. The van der Waals surface area contributed by atoms with Gasteiger partial charge in [-0.2, -0.15) is 0 Å². The Kier molecular flexibility index (Phi) is 11.2. The van der Waals surface area contributed by atoms with Crippen molar-refractivity contribution in [1.29, 1.82) is 0 Å². The van der Waals surface area contributed by atoms with Crippen molar-refractivity contribution in [3.05, 3.63) is 29.8 Å². The molecule has 0 spiro atoms. The zero-order valence-corrected chi connectivity index (χ0v) is 23.9. The molecule has 1 fully saturated rings. The van der Waals surface area contributed by atoms with E-state index < -0.39 is 18.0 Å². The fraction of sp³-hybridized carbons (Fsp3) is 0.655. The molecule has 0 aromatic heterocycles. The number of nitrogens with one attached hydrogen (secondary N) is 4. The topological polar surface area (TPSA) is 129 Å². The first-order chi connectivity index (χ1) is 18.6. The van der Waals surface area contributed by atoms with Crippen molar-refractivity contribution >= 4 is 23.6 Å². The monoisotopic (exact) mass is 543 g/mol. The van der Waals surface area contributed by atoms with Gasteiger partial charge in [-0.3, -0.25) is 24.1 Å². The first-order valence-electron chi connectivity index (χ1n) is 14.2. The molecular formula is C29H45N5O5. The Morgan fingerprint density at radius 3 is 2.49 bits per heavy atom. The number of benzene rings is 1. The highest BCUT2D eigenvalue weighted by atomic mass is 16.5. The Morgan fingerprint density at radius 2 is 1.79 bits per heavy atom. The summed E-state index contributed by atoms with van der Waals surface area (Å²) in [5.41, 5.74) is 0.288. The van der Waals surface area contributed by atoms with Crippen LogP contribution in [-0.4, -0.2) is 78.9 Å². The predicted octanol–water partition coefficient (Wildman–Crippen LogP) is 1.84. The first kappa shape index (κ1) is 30.4. The number of nitrogens with zero attached hydrogens (tertiary/aromatic N) is 1. The van der Waals surface area contributed by atoms with Crippen LogP contribution in [0.25, 0.3) is 0 Å². The highest BCUT2D eigenvalue weighted by Crippen LogP contribution is 2.20. The largest absolute Gasteiger partial charge is 0.491 e. The van der Waals surface area contributed by atoms with E-state index >= 15 is 0 Å². The minimum atomic E-state index is -0.923. The van der Waals surface area contributed by atoms with E-state index in [1.165, 1.54) is 0 Å². The smallest absolute Gasteiger partial charge is 0.255 e. The van der Waals surface area contributed by atoms with Gasteiger partial charge in [0.1, 0.15) is 24.4 Å². The number of likely N-dealkylation sites (tertiary alicyclic amines) is 1. The number of ether oxygens (including phenoxy) is 1. The highest BCUT2D eigenvalue weighted by molar-refractivity contribution is 5.99. The molecule has 0 radical (unpaired) electrons. The number of amides is 4. The molecule has 1 aromatic rings. The molecule has 0 bridgehead atoms. The van der Waals surface area contributed by atoms with Crippen molar-refractivity contribution in [2.45, 2.75) is 84.5 Å². The van der Waals surface area contributed by atoms with Crippen LogP contribution < -0.4 is 26.0 Å². The Morgan fingerprint density at radius 1 is 1.05 bits per heavy atom. The molecule has 2 aliphatic heterocycles. The van der Waals surface area contributed by atoms with Gasteiger partial charge in [0, 0.05) is 19.0 Å². The molecule has 2 heterocycles. The van der Waals surface area contributed by atoms with Crippen molar-refractivity contribution in [1.82, 2.24) is 26.2 Å². The van der Waals surface area contributed by atoms with Crippen molar-refractivity contribution in [3.63, 3.8) is 0 Å². The minimum Gasteiger partial charge on any atom is -0.491 e. The van der Waals surface area contributed by atoms with Crippen LogP contribution in [0.15, 0.2) is 24.3 Å². The number of hydrogen-bond acceptors (Lipinski definition) is 6. The van der Waals surface area contributed by atoms with Gasteiger partial charge < -0.3 is 26.0 Å². The standard InChI is InChI=1S/C29H45N5O5/c1-6-34-15-9-10-20(34)16-30-28(37)22-13-14-25(35)33-26(19(4)5)29(38)32-23(18(2)3)17-39-24-12-8-7-11-21(24)27(36)31-22/h7-8,11-12,18-20,22-23,26H,6,9-10,13-17H2,1-5H3,(H,30,37)(H,31,36)(H,32,38)(H,33,35)/t20-,22-,23+,26+/m0/s1. The number of carbonyl (C=O) groups excluding carboxylic acids is 4. The lowest BCUT2D eigenvalue weighted by Gasteiger charge is -2.27. The number of hydrogen-bond donors (Lipinski definition) is 4. The molecule has 216 valence electrons. The zero-order chi connectivity index (χ0) is 28.5. The van der Waals surface area contributed by atoms with Gasteiger partial charge in [-0.1, -0.05) is 46.8 Å². The fourth-order valence-corrected chi connectivity index (χ4v) is 5.08. The molecule has 39 heavy (non-hydrogen) atoms. The van der Waals surface area contributed by atoms with Gasteiger partial charge in [-0.25, -0.2) is 0 Å². The molecule has 3 rings (SSSR count). The average molecular weight is 544 g/mol. The van der Waals surface area contributed by atoms with E-state index in [1.54, 1.807) is 24.3 Å². The summed E-state index contributed by atoms with van der Waals surface area (Å²) in [6.45, 7) is 12.3. The van der Waals surface area contributed by atoms with Gasteiger partial charge in [0.05, 0.1) is 11.6 Å². The van der Waals surface area contributed by atoms with E-state index in [4.69, 9.17) is 4.74 Å². The summed E-state index contributed by atoms with van der Waals surface area (Å²) in [4.78, 5) is 55.1. The van der Waals surface area contributed by atoms with Gasteiger partial charge in [-0.05, 0) is 56.3 Å². The zero-order valence-electron chi connectivity index (χ0n) is 23.9. The molecule has 1 saturated heterocycles. The minimum absolute atomic E-state index is 0.0227. The second-order valence-electron chi connectivity index (χ2n) is 11.2. The summed E-state index contributed by atoms with van der Waals surface area (Å²) in [5, 5.41) is 11.7. The fourth-order valence-electron chi connectivity index (χ4n) is 5.08. The molecule has 10 nitrogen and oxygen atoms in total. The third-order valence-corrected chi connectivity index (χ3v) is 7.65. The molecule has 4 atom stereocenters. The maximum absolute atomic E-state index is 13.4. The van der Waals surface area contributed by atoms with E-state index in [0.717, 1.165) is 25.9 Å². The normalized spacial score (nSPS) is 25.6. The Balaban J connectivity index is 1.85. The molecular weight excluding hydrogens is 498 g/mol. The Labute approximate surface area is 232 Å². The predicted molar refractivity (Wildman–Crippen MR) is 149 cm³/mol. The molecule has 2 aliphatic rings. The number of para-hydroxylation sites is 1. The second-order valence-corrected chi connectivity index (χ2v) is 11.2. The number of likely N-dealkylation sites (N-methyl/N-ethyl adjacent to an activating group) is 1. The van der Waals surface area contributed by atoms with Gasteiger partial charge in [0.25, 0.3) is 5.91 Å². The summed E-state index contributed by atoms with van der Waals surface area (Å²) in [7, 11) is 0. The van der Waals surface area contributed by atoms with Crippen LogP contribution in [-0.2, 0) is 14.4 Å². The average Bonchev–Trinajstić information content (AvgIpc) is 3.37. The molecule has 4 amide bonds. The van der Waals surface area contributed by atoms with Crippen molar-refractivity contribution in [3.8, 4) is 5.75 Å². The lowest BCUT2D eigenvalue weighted by molar-refractivity contribution is -0.131. The van der Waals surface area contributed by atoms with Crippen molar-refractivity contribution in [2.75, 3.05) is 26.2 Å². The van der Waals surface area contributed by atoms with Crippen LogP contribution in [0.4, 0.5) is 0 Å². The van der Waals surface area contributed by atoms with Crippen molar-refractivity contribution < 1.29 is 23.9 Å². The molecule has 0 unspecified atom stereocenters. The van der Waals surface area contributed by atoms with E-state index in [0.29, 0.717) is 12.3 Å². The molecule has 10 heteroatoms. The molecule has 4 N–H and O–H groups in total. The van der Waals surface area contributed by atoms with Gasteiger partial charge in [-0.15, -0.1) is 0 Å². The molecule has 1 aromatic carbocycles. The maximum Gasteiger partial charge on any atom is 0.255 e. The van der Waals surface area contributed by atoms with Crippen LogP contribution in [0.1, 0.15) is 70.7 Å². The highest BCUT2D eigenvalue weighted by Gasteiger charge is 2.31. The third kappa shape index (κ3) is 8.42. The Bertz CT molecular complexity index is 1010. The summed E-state index contributed by atoms with van der Waals surface area (Å²) < 4.78 is 6.04. The van der Waals surface area contributed by atoms with Crippen LogP contribution in [0, 0.1) is 11.8 Å². The summed E-state index contributed by atoms with van der Waals surface area (Å²) >= 11 is 0. The number of fused-ring (bicyclic) bond motifs is 1. The lowest BCUT2D eigenvalue weighted by atomic mass is 10.00. The van der Waals surface area contributed by atoms with E-state index in [2.05, 4.69) is 33.1 Å². The summed E-state index contributed by atoms with van der Waals surface area (Å²) in [6, 6.07) is 5.09. The molecule has 0 aliphatic carbocycles. The quantitative estimate of drug-likeness (QED) is 0.434. The lowest BCUT2D eigenvalue weighted by Crippen LogP contribution is -2.54. The van der Waals surface area contributed by atoms with Crippen LogP contribution >= 0.6 is 0 Å². The first-order valence-corrected chi connectivity index (χ1v) is 14.2. The number of carbonyl (C=O) groups is 4.